The molecule has 0 aromatic heterocycles. The summed E-state index contributed by atoms with van der Waals surface area (Å²) in [6.45, 7) is 3.37. The molecule has 2 aromatic carbocycles. The number of likely N-dealkylation sites (N-methyl/N-ethyl adjacent to an activating group) is 1. The van der Waals surface area contributed by atoms with Gasteiger partial charge in [-0.2, -0.15) is 0 Å². The summed E-state index contributed by atoms with van der Waals surface area (Å²) in [6, 6.07) is 14.4. The Bertz CT molecular complexity index is 771. The fourth-order valence-electron chi connectivity index (χ4n) is 3.31. The van der Waals surface area contributed by atoms with Gasteiger partial charge in [-0.05, 0) is 30.8 Å². The van der Waals surface area contributed by atoms with Gasteiger partial charge >= 0.3 is 6.36 Å². The molecular weight excluding hydrogens is 371 g/mol. The molecule has 2 aromatic rings. The zero-order valence-electron chi connectivity index (χ0n) is 15.7. The van der Waals surface area contributed by atoms with Crippen molar-refractivity contribution >= 4 is 11.4 Å². The van der Waals surface area contributed by atoms with Gasteiger partial charge in [-0.15, -0.1) is 13.2 Å². The highest BCUT2D eigenvalue weighted by Crippen LogP contribution is 2.32. The molecule has 8 heteroatoms. The molecule has 0 spiro atoms. The number of anilines is 2. The van der Waals surface area contributed by atoms with Crippen LogP contribution in [0, 0.1) is 0 Å². The second-order valence-corrected chi connectivity index (χ2v) is 6.88. The lowest BCUT2D eigenvalue weighted by atomic mass is 10.1. The van der Waals surface area contributed by atoms with Crippen LogP contribution in [0.2, 0.25) is 0 Å². The first-order valence-electron chi connectivity index (χ1n) is 9.04. The Morgan fingerprint density at radius 3 is 2.54 bits per heavy atom. The summed E-state index contributed by atoms with van der Waals surface area (Å²) >= 11 is 0. The van der Waals surface area contributed by atoms with E-state index in [1.54, 1.807) is 6.07 Å². The SMILES string of the molecule is CN1CCN(c2ccc(OC(F)(F)F)c(N)c2)C(COCc2ccccc2)C1. The molecule has 0 saturated carbocycles. The van der Waals surface area contributed by atoms with E-state index < -0.39 is 6.36 Å². The average Bonchev–Trinajstić information content (AvgIpc) is 2.64. The highest BCUT2D eigenvalue weighted by Gasteiger charge is 2.32. The maximum absolute atomic E-state index is 12.5. The van der Waals surface area contributed by atoms with Crippen molar-refractivity contribution in [3.63, 3.8) is 0 Å². The quantitative estimate of drug-likeness (QED) is 0.759. The van der Waals surface area contributed by atoms with Gasteiger partial charge in [0.1, 0.15) is 0 Å². The molecule has 0 radical (unpaired) electrons. The largest absolute Gasteiger partial charge is 0.573 e. The number of benzene rings is 2. The monoisotopic (exact) mass is 395 g/mol. The Labute approximate surface area is 162 Å². The Balaban J connectivity index is 1.68. The van der Waals surface area contributed by atoms with E-state index in [0.717, 1.165) is 30.9 Å². The van der Waals surface area contributed by atoms with Crippen LogP contribution in [0.15, 0.2) is 48.5 Å². The molecule has 28 heavy (non-hydrogen) atoms. The molecule has 1 aliphatic rings. The summed E-state index contributed by atoms with van der Waals surface area (Å²) in [5, 5.41) is 0. The van der Waals surface area contributed by atoms with E-state index in [2.05, 4.69) is 14.5 Å². The Morgan fingerprint density at radius 1 is 1.11 bits per heavy atom. The first-order valence-corrected chi connectivity index (χ1v) is 9.04. The maximum atomic E-state index is 12.5. The first kappa shape index (κ1) is 20.3. The minimum Gasteiger partial charge on any atom is -0.404 e. The van der Waals surface area contributed by atoms with Crippen LogP contribution < -0.4 is 15.4 Å². The number of hydrogen-bond donors (Lipinski definition) is 1. The number of hydrogen-bond acceptors (Lipinski definition) is 5. The van der Waals surface area contributed by atoms with Crippen molar-refractivity contribution in [3.8, 4) is 5.75 Å². The second-order valence-electron chi connectivity index (χ2n) is 6.88. The van der Waals surface area contributed by atoms with E-state index in [9.17, 15) is 13.2 Å². The summed E-state index contributed by atoms with van der Waals surface area (Å²) < 4.78 is 47.2. The molecule has 3 rings (SSSR count). The molecular formula is C20H24F3N3O2. The number of alkyl halides is 3. The maximum Gasteiger partial charge on any atom is 0.573 e. The molecule has 2 N–H and O–H groups in total. The van der Waals surface area contributed by atoms with E-state index in [1.165, 1.54) is 12.1 Å². The summed E-state index contributed by atoms with van der Waals surface area (Å²) in [6.07, 6.45) is -4.77. The number of nitrogen functional groups attached to an aromatic ring is 1. The van der Waals surface area contributed by atoms with Crippen LogP contribution in [-0.2, 0) is 11.3 Å². The van der Waals surface area contributed by atoms with Crippen molar-refractivity contribution in [2.24, 2.45) is 0 Å². The molecule has 1 heterocycles. The van der Waals surface area contributed by atoms with Gasteiger partial charge in [0, 0.05) is 25.3 Å². The van der Waals surface area contributed by atoms with E-state index in [-0.39, 0.29) is 17.5 Å². The average molecular weight is 395 g/mol. The number of rotatable bonds is 6. The van der Waals surface area contributed by atoms with Crippen molar-refractivity contribution < 1.29 is 22.6 Å². The Hall–Kier alpha value is -2.45. The molecule has 0 bridgehead atoms. The first-order chi connectivity index (χ1) is 13.3. The predicted octanol–water partition coefficient (Wildman–Crippen LogP) is 3.50. The second kappa shape index (κ2) is 8.70. The van der Waals surface area contributed by atoms with Gasteiger partial charge in [0.2, 0.25) is 0 Å². The zero-order chi connectivity index (χ0) is 20.1. The molecule has 0 aliphatic carbocycles. The van der Waals surface area contributed by atoms with Crippen LogP contribution in [0.1, 0.15) is 5.56 Å². The Morgan fingerprint density at radius 2 is 1.86 bits per heavy atom. The molecule has 0 amide bonds. The molecule has 1 aliphatic heterocycles. The van der Waals surface area contributed by atoms with Gasteiger partial charge in [0.05, 0.1) is 24.9 Å². The highest BCUT2D eigenvalue weighted by molar-refractivity contribution is 5.64. The van der Waals surface area contributed by atoms with Crippen molar-refractivity contribution in [2.45, 2.75) is 19.0 Å². The number of nitrogens with two attached hydrogens (primary N) is 1. The van der Waals surface area contributed by atoms with Crippen molar-refractivity contribution in [1.29, 1.82) is 0 Å². The van der Waals surface area contributed by atoms with E-state index in [1.807, 2.05) is 37.4 Å². The molecule has 5 nitrogen and oxygen atoms in total. The van der Waals surface area contributed by atoms with Crippen LogP contribution in [0.5, 0.6) is 5.75 Å². The van der Waals surface area contributed by atoms with Crippen molar-refractivity contribution in [3.05, 3.63) is 54.1 Å². The van der Waals surface area contributed by atoms with Gasteiger partial charge in [-0.1, -0.05) is 30.3 Å². The summed E-state index contributed by atoms with van der Waals surface area (Å²) in [4.78, 5) is 4.33. The van der Waals surface area contributed by atoms with Gasteiger partial charge in [0.15, 0.2) is 5.75 Å². The predicted molar refractivity (Wildman–Crippen MR) is 102 cm³/mol. The van der Waals surface area contributed by atoms with E-state index >= 15 is 0 Å². The van der Waals surface area contributed by atoms with Gasteiger partial charge < -0.3 is 25.0 Å². The van der Waals surface area contributed by atoms with Crippen LogP contribution in [0.3, 0.4) is 0 Å². The Kier molecular flexibility index (Phi) is 6.31. The molecule has 1 fully saturated rings. The van der Waals surface area contributed by atoms with Crippen LogP contribution >= 0.6 is 0 Å². The van der Waals surface area contributed by atoms with Gasteiger partial charge in [0.25, 0.3) is 0 Å². The molecule has 152 valence electrons. The number of piperazine rings is 1. The van der Waals surface area contributed by atoms with E-state index in [4.69, 9.17) is 10.5 Å². The van der Waals surface area contributed by atoms with Gasteiger partial charge in [-0.25, -0.2) is 0 Å². The lowest BCUT2D eigenvalue weighted by molar-refractivity contribution is -0.274. The lowest BCUT2D eigenvalue weighted by Gasteiger charge is -2.41. The summed E-state index contributed by atoms with van der Waals surface area (Å²) in [7, 11) is 2.04. The topological polar surface area (TPSA) is 51.0 Å². The highest BCUT2D eigenvalue weighted by atomic mass is 19.4. The van der Waals surface area contributed by atoms with Crippen molar-refractivity contribution in [1.82, 2.24) is 4.90 Å². The summed E-state index contributed by atoms with van der Waals surface area (Å²) in [5.74, 6) is -0.387. The smallest absolute Gasteiger partial charge is 0.404 e. The van der Waals surface area contributed by atoms with Gasteiger partial charge in [-0.3, -0.25) is 0 Å². The summed E-state index contributed by atoms with van der Waals surface area (Å²) in [5.41, 5.74) is 7.60. The fraction of sp³-hybridized carbons (Fsp3) is 0.400. The lowest BCUT2D eigenvalue weighted by Crippen LogP contribution is -2.54. The third-order valence-electron chi connectivity index (χ3n) is 4.66. The fourth-order valence-corrected chi connectivity index (χ4v) is 3.31. The van der Waals surface area contributed by atoms with Crippen LogP contribution in [0.4, 0.5) is 24.5 Å². The third kappa shape index (κ3) is 5.53. The van der Waals surface area contributed by atoms with Crippen molar-refractivity contribution in [2.75, 3.05) is 43.9 Å². The number of nitrogens with zero attached hydrogens (tertiary/aromatic N) is 2. The minimum absolute atomic E-state index is 0.0438. The standard InChI is InChI=1S/C20H24F3N3O2/c1-25-9-10-26(16-7-8-19(18(24)11-16)28-20(21,22)23)17(12-25)14-27-13-15-5-3-2-4-6-15/h2-8,11,17H,9-10,12-14,24H2,1H3. The normalized spacial score (nSPS) is 18.3. The number of ether oxygens (including phenoxy) is 2. The molecule has 1 unspecified atom stereocenters. The van der Waals surface area contributed by atoms with E-state index in [0.29, 0.717) is 13.2 Å². The third-order valence-corrected chi connectivity index (χ3v) is 4.66. The van der Waals surface area contributed by atoms with Crippen LogP contribution in [0.25, 0.3) is 0 Å². The molecule has 1 atom stereocenters. The minimum atomic E-state index is -4.77. The zero-order valence-corrected chi connectivity index (χ0v) is 15.7. The van der Waals surface area contributed by atoms with Crippen LogP contribution in [-0.4, -0.2) is 50.6 Å². The number of halogens is 3. The molecule has 1 saturated heterocycles.